The Bertz CT molecular complexity index is 624. The molecule has 0 radical (unpaired) electrons. The summed E-state index contributed by atoms with van der Waals surface area (Å²) >= 11 is 1.51. The minimum atomic E-state index is -1.08. The van der Waals surface area contributed by atoms with Gasteiger partial charge in [-0.3, -0.25) is 0 Å². The minimum absolute atomic E-state index is 0.0292. The summed E-state index contributed by atoms with van der Waals surface area (Å²) in [6.07, 6.45) is 2.19. The summed E-state index contributed by atoms with van der Waals surface area (Å²) in [5, 5.41) is 12.7. The van der Waals surface area contributed by atoms with Crippen molar-refractivity contribution in [2.75, 3.05) is 11.1 Å². The number of aromatic carboxylic acids is 1. The highest BCUT2D eigenvalue weighted by molar-refractivity contribution is 7.15. The van der Waals surface area contributed by atoms with Crippen LogP contribution < -0.4 is 11.1 Å². The second kappa shape index (κ2) is 5.23. The molecule has 0 saturated heterocycles. The highest BCUT2D eigenvalue weighted by Crippen LogP contribution is 2.26. The Morgan fingerprint density at radius 3 is 2.89 bits per heavy atom. The van der Waals surface area contributed by atoms with Gasteiger partial charge in [-0.05, 0) is 19.4 Å². The van der Waals surface area contributed by atoms with E-state index >= 15 is 0 Å². The second-order valence-electron chi connectivity index (χ2n) is 3.96. The molecule has 2 aromatic heterocycles. The van der Waals surface area contributed by atoms with Crippen LogP contribution in [0.2, 0.25) is 0 Å². The van der Waals surface area contributed by atoms with E-state index in [4.69, 9.17) is 10.8 Å². The standard InChI is InChI=1S/C12H14N4O2S/c1-3-9-6(2)19-12(15-9)16-10-4-7(11(17)18)8(13)5-14-10/h4-5H,3,13H2,1-2H3,(H,17,18)(H,14,15,16). The highest BCUT2D eigenvalue weighted by Gasteiger charge is 2.11. The summed E-state index contributed by atoms with van der Waals surface area (Å²) in [5.41, 5.74) is 6.75. The molecule has 100 valence electrons. The number of nitrogens with two attached hydrogens (primary N) is 1. The van der Waals surface area contributed by atoms with Gasteiger partial charge < -0.3 is 16.2 Å². The van der Waals surface area contributed by atoms with Gasteiger partial charge in [-0.2, -0.15) is 0 Å². The number of nitrogen functional groups attached to an aromatic ring is 1. The van der Waals surface area contributed by atoms with E-state index in [9.17, 15) is 4.79 Å². The molecule has 0 aliphatic carbocycles. The molecular weight excluding hydrogens is 264 g/mol. The van der Waals surface area contributed by atoms with Crippen LogP contribution in [0.3, 0.4) is 0 Å². The number of nitrogens with zero attached hydrogens (tertiary/aromatic N) is 2. The van der Waals surface area contributed by atoms with Gasteiger partial charge in [0.05, 0.1) is 23.1 Å². The molecule has 7 heteroatoms. The van der Waals surface area contributed by atoms with Crippen molar-refractivity contribution in [3.63, 3.8) is 0 Å². The summed E-state index contributed by atoms with van der Waals surface area (Å²) in [5.74, 6) is -0.657. The Labute approximate surface area is 114 Å². The summed E-state index contributed by atoms with van der Waals surface area (Å²) in [6, 6.07) is 1.40. The number of carbonyl (C=O) groups is 1. The van der Waals surface area contributed by atoms with Crippen molar-refractivity contribution in [2.24, 2.45) is 0 Å². The van der Waals surface area contributed by atoms with E-state index < -0.39 is 5.97 Å². The number of anilines is 3. The number of nitrogens with one attached hydrogen (secondary N) is 1. The van der Waals surface area contributed by atoms with Gasteiger partial charge in [0.25, 0.3) is 0 Å². The van der Waals surface area contributed by atoms with Crippen LogP contribution in [0.25, 0.3) is 0 Å². The van der Waals surface area contributed by atoms with E-state index in [0.29, 0.717) is 10.9 Å². The van der Waals surface area contributed by atoms with Gasteiger partial charge >= 0.3 is 5.97 Å². The molecule has 0 unspecified atom stereocenters. The number of hydrogen-bond acceptors (Lipinski definition) is 6. The van der Waals surface area contributed by atoms with Crippen LogP contribution in [0.1, 0.15) is 27.9 Å². The maximum Gasteiger partial charge on any atom is 0.337 e. The van der Waals surface area contributed by atoms with Gasteiger partial charge in [0, 0.05) is 4.88 Å². The Morgan fingerprint density at radius 1 is 1.58 bits per heavy atom. The van der Waals surface area contributed by atoms with Crippen LogP contribution in [0.4, 0.5) is 16.6 Å². The third-order valence-corrected chi connectivity index (χ3v) is 3.56. The number of hydrogen-bond donors (Lipinski definition) is 3. The predicted molar refractivity (Wildman–Crippen MR) is 75.1 cm³/mol. The van der Waals surface area contributed by atoms with Crippen molar-refractivity contribution in [1.29, 1.82) is 0 Å². The molecule has 0 atom stereocenters. The number of aromatic nitrogens is 2. The van der Waals surface area contributed by atoms with Crippen LogP contribution in [0.5, 0.6) is 0 Å². The number of pyridine rings is 1. The first-order chi connectivity index (χ1) is 9.01. The number of thiazole rings is 1. The van der Waals surface area contributed by atoms with E-state index in [1.807, 2.05) is 13.8 Å². The summed E-state index contributed by atoms with van der Waals surface area (Å²) in [6.45, 7) is 4.04. The van der Waals surface area contributed by atoms with E-state index in [-0.39, 0.29) is 11.3 Å². The van der Waals surface area contributed by atoms with Crippen molar-refractivity contribution in [1.82, 2.24) is 9.97 Å². The van der Waals surface area contributed by atoms with Gasteiger partial charge in [-0.15, -0.1) is 11.3 Å². The molecule has 6 nitrogen and oxygen atoms in total. The molecule has 0 fully saturated rings. The monoisotopic (exact) mass is 278 g/mol. The first-order valence-electron chi connectivity index (χ1n) is 5.73. The fourth-order valence-electron chi connectivity index (χ4n) is 1.64. The molecule has 2 heterocycles. The average molecular weight is 278 g/mol. The molecule has 0 aliphatic rings. The lowest BCUT2D eigenvalue weighted by Gasteiger charge is -2.04. The Balaban J connectivity index is 2.28. The zero-order chi connectivity index (χ0) is 14.0. The SMILES string of the molecule is CCc1nc(Nc2cc(C(=O)O)c(N)cn2)sc1C. The Kier molecular flexibility index (Phi) is 3.66. The molecule has 0 aromatic carbocycles. The molecule has 0 bridgehead atoms. The largest absolute Gasteiger partial charge is 0.478 e. The lowest BCUT2D eigenvalue weighted by molar-refractivity contribution is 0.0698. The summed E-state index contributed by atoms with van der Waals surface area (Å²) in [4.78, 5) is 20.6. The summed E-state index contributed by atoms with van der Waals surface area (Å²) < 4.78 is 0. The smallest absolute Gasteiger partial charge is 0.337 e. The number of carboxylic acid groups (broad SMARTS) is 1. The fourth-order valence-corrected chi connectivity index (χ4v) is 2.55. The summed E-state index contributed by atoms with van der Waals surface area (Å²) in [7, 11) is 0. The first-order valence-corrected chi connectivity index (χ1v) is 6.55. The number of aryl methyl sites for hydroxylation is 2. The van der Waals surface area contributed by atoms with E-state index in [2.05, 4.69) is 15.3 Å². The third-order valence-electron chi connectivity index (χ3n) is 2.63. The molecular formula is C12H14N4O2S. The first kappa shape index (κ1) is 13.3. The Hall–Kier alpha value is -2.15. The minimum Gasteiger partial charge on any atom is -0.478 e. The average Bonchev–Trinajstić information content (AvgIpc) is 2.71. The van der Waals surface area contributed by atoms with Crippen molar-refractivity contribution in [2.45, 2.75) is 20.3 Å². The normalized spacial score (nSPS) is 10.4. The molecule has 4 N–H and O–H groups in total. The van der Waals surface area contributed by atoms with E-state index in [1.165, 1.54) is 23.6 Å². The van der Waals surface area contributed by atoms with Gasteiger partial charge in [-0.25, -0.2) is 14.8 Å². The fraction of sp³-hybridized carbons (Fsp3) is 0.250. The third kappa shape index (κ3) is 2.82. The lowest BCUT2D eigenvalue weighted by Crippen LogP contribution is -2.05. The molecule has 0 saturated carbocycles. The second-order valence-corrected chi connectivity index (χ2v) is 5.17. The van der Waals surface area contributed by atoms with Crippen LogP contribution in [-0.4, -0.2) is 21.0 Å². The van der Waals surface area contributed by atoms with Gasteiger partial charge in [0.2, 0.25) is 0 Å². The maximum atomic E-state index is 11.0. The van der Waals surface area contributed by atoms with Crippen LogP contribution in [0, 0.1) is 6.92 Å². The highest BCUT2D eigenvalue weighted by atomic mass is 32.1. The lowest BCUT2D eigenvalue weighted by atomic mass is 10.2. The van der Waals surface area contributed by atoms with Crippen LogP contribution in [0.15, 0.2) is 12.3 Å². The van der Waals surface area contributed by atoms with Crippen LogP contribution in [-0.2, 0) is 6.42 Å². The molecule has 0 spiro atoms. The van der Waals surface area contributed by atoms with E-state index in [1.54, 1.807) is 0 Å². The van der Waals surface area contributed by atoms with Crippen molar-refractivity contribution < 1.29 is 9.90 Å². The Morgan fingerprint density at radius 2 is 2.32 bits per heavy atom. The maximum absolute atomic E-state index is 11.0. The van der Waals surface area contributed by atoms with Crippen molar-refractivity contribution in [3.05, 3.63) is 28.4 Å². The molecule has 0 aliphatic heterocycles. The van der Waals surface area contributed by atoms with Crippen molar-refractivity contribution >= 4 is 33.9 Å². The predicted octanol–water partition coefficient (Wildman–Crippen LogP) is 2.43. The molecule has 19 heavy (non-hydrogen) atoms. The molecule has 0 amide bonds. The van der Waals surface area contributed by atoms with Crippen LogP contribution >= 0.6 is 11.3 Å². The molecule has 2 rings (SSSR count). The zero-order valence-electron chi connectivity index (χ0n) is 10.6. The van der Waals surface area contributed by atoms with Gasteiger partial charge in [0.15, 0.2) is 5.13 Å². The van der Waals surface area contributed by atoms with E-state index in [0.717, 1.165) is 17.0 Å². The van der Waals surface area contributed by atoms with Gasteiger partial charge in [-0.1, -0.05) is 6.92 Å². The number of carboxylic acids is 1. The van der Waals surface area contributed by atoms with Gasteiger partial charge in [0.1, 0.15) is 5.82 Å². The molecule has 2 aromatic rings. The number of rotatable bonds is 4. The van der Waals surface area contributed by atoms with Crippen molar-refractivity contribution in [3.8, 4) is 0 Å². The quantitative estimate of drug-likeness (QED) is 0.794. The zero-order valence-corrected chi connectivity index (χ0v) is 11.4. The topological polar surface area (TPSA) is 101 Å².